The first kappa shape index (κ1) is 10.8. The lowest BCUT2D eigenvalue weighted by Crippen LogP contribution is -2.15. The van der Waals surface area contributed by atoms with E-state index in [1.54, 1.807) is 19.1 Å². The zero-order valence-electron chi connectivity index (χ0n) is 8.72. The molecule has 0 fully saturated rings. The van der Waals surface area contributed by atoms with Gasteiger partial charge >= 0.3 is 5.97 Å². The first-order valence-electron chi connectivity index (χ1n) is 4.50. The summed E-state index contributed by atoms with van der Waals surface area (Å²) in [6.07, 6.45) is 0. The molecular weight excluding hydrogens is 230 g/mol. The number of ether oxygens (including phenoxy) is 1. The number of benzene rings is 1. The third-order valence-corrected chi connectivity index (χ3v) is 3.59. The second-order valence-electron chi connectivity index (χ2n) is 3.41. The summed E-state index contributed by atoms with van der Waals surface area (Å²) in [7, 11) is -2.55. The van der Waals surface area contributed by atoms with Gasteiger partial charge in [-0.15, -0.1) is 0 Å². The number of carbonyl (C=O) groups is 1. The highest BCUT2D eigenvalue weighted by Gasteiger charge is 2.33. The average Bonchev–Trinajstić information content (AvgIpc) is 2.49. The summed E-state index contributed by atoms with van der Waals surface area (Å²) in [6, 6.07) is 4.71. The third kappa shape index (κ3) is 1.51. The van der Waals surface area contributed by atoms with Crippen molar-refractivity contribution in [2.45, 2.75) is 11.8 Å². The fourth-order valence-corrected chi connectivity index (χ4v) is 2.70. The maximum atomic E-state index is 11.6. The number of hydrogen-bond acceptors (Lipinski definition) is 4. The van der Waals surface area contributed by atoms with Crippen molar-refractivity contribution in [3.05, 3.63) is 29.3 Å². The summed E-state index contributed by atoms with van der Waals surface area (Å²) < 4.78 is 31.1. The lowest BCUT2D eigenvalue weighted by atomic mass is 10.1. The highest BCUT2D eigenvalue weighted by molar-refractivity contribution is 7.90. The van der Waals surface area contributed by atoms with E-state index in [0.717, 1.165) is 5.56 Å². The van der Waals surface area contributed by atoms with E-state index in [1.807, 2.05) is 0 Å². The van der Waals surface area contributed by atoms with Crippen LogP contribution in [0.5, 0.6) is 0 Å². The minimum absolute atomic E-state index is 0.0542. The number of esters is 1. The molecule has 0 N–H and O–H groups in total. The van der Waals surface area contributed by atoms with E-state index in [-0.39, 0.29) is 10.6 Å². The van der Waals surface area contributed by atoms with Gasteiger partial charge in [-0.1, -0.05) is 11.6 Å². The van der Waals surface area contributed by atoms with Crippen molar-refractivity contribution in [2.75, 3.05) is 7.11 Å². The molecule has 1 aromatic rings. The lowest BCUT2D eigenvalue weighted by Gasteiger charge is -2.01. The molecule has 1 aromatic carbocycles. The topological polar surface area (TPSA) is 72.8 Å². The molecule has 5 nitrogen and oxygen atoms in total. The van der Waals surface area contributed by atoms with E-state index >= 15 is 0 Å². The molecule has 0 bridgehead atoms. The van der Waals surface area contributed by atoms with Crippen molar-refractivity contribution in [1.82, 2.24) is 0 Å². The van der Waals surface area contributed by atoms with E-state index in [0.29, 0.717) is 5.56 Å². The molecule has 0 unspecified atom stereocenters. The van der Waals surface area contributed by atoms with Crippen LogP contribution < -0.4 is 0 Å². The molecule has 84 valence electrons. The summed E-state index contributed by atoms with van der Waals surface area (Å²) in [5.41, 5.74) is 1.01. The molecule has 16 heavy (non-hydrogen) atoms. The Morgan fingerprint density at radius 2 is 2.06 bits per heavy atom. The van der Waals surface area contributed by atoms with Crippen LogP contribution in [-0.4, -0.2) is 27.2 Å². The average molecular weight is 239 g/mol. The first-order chi connectivity index (χ1) is 7.45. The number of fused-ring (bicyclic) bond motifs is 1. The molecule has 1 aliphatic rings. The lowest BCUT2D eigenvalue weighted by molar-refractivity contribution is -0.132. The molecule has 0 spiro atoms. The summed E-state index contributed by atoms with van der Waals surface area (Å²) in [6.45, 7) is 1.81. The Bertz CT molecular complexity index is 601. The molecule has 0 atom stereocenters. The number of nitrogens with zero attached hydrogens (tertiary/aromatic N) is 1. The van der Waals surface area contributed by atoms with E-state index < -0.39 is 16.0 Å². The molecule has 0 amide bonds. The molecule has 6 heteroatoms. The van der Waals surface area contributed by atoms with Crippen LogP contribution in [0, 0.1) is 6.92 Å². The predicted octanol–water partition coefficient (Wildman–Crippen LogP) is 0.659. The molecule has 0 radical (unpaired) electrons. The Hall–Kier alpha value is -1.69. The maximum Gasteiger partial charge on any atom is 0.358 e. The van der Waals surface area contributed by atoms with Gasteiger partial charge in [-0.2, -0.15) is 12.8 Å². The number of rotatable bonds is 1. The van der Waals surface area contributed by atoms with Crippen molar-refractivity contribution in [3.8, 4) is 0 Å². The van der Waals surface area contributed by atoms with Gasteiger partial charge in [0, 0.05) is 5.56 Å². The van der Waals surface area contributed by atoms with Crippen molar-refractivity contribution >= 4 is 21.7 Å². The van der Waals surface area contributed by atoms with Crippen molar-refractivity contribution < 1.29 is 17.9 Å². The molecule has 1 aliphatic heterocycles. The molecule has 2 rings (SSSR count). The molecule has 0 saturated heterocycles. The summed E-state index contributed by atoms with van der Waals surface area (Å²) in [5.74, 6) is -0.743. The predicted molar refractivity (Wildman–Crippen MR) is 56.9 cm³/mol. The van der Waals surface area contributed by atoms with E-state index in [2.05, 4.69) is 9.13 Å². The monoisotopic (exact) mass is 239 g/mol. The third-order valence-electron chi connectivity index (χ3n) is 2.26. The molecule has 0 saturated carbocycles. The van der Waals surface area contributed by atoms with Gasteiger partial charge in [0.15, 0.2) is 5.71 Å². The Balaban J connectivity index is 2.71. The summed E-state index contributed by atoms with van der Waals surface area (Å²) >= 11 is 0. The van der Waals surface area contributed by atoms with Gasteiger partial charge in [0.1, 0.15) is 0 Å². The number of hydrogen-bond donors (Lipinski definition) is 0. The van der Waals surface area contributed by atoms with E-state index in [4.69, 9.17) is 0 Å². The van der Waals surface area contributed by atoms with Gasteiger partial charge < -0.3 is 4.74 Å². The van der Waals surface area contributed by atoms with Crippen molar-refractivity contribution in [2.24, 2.45) is 4.40 Å². The Labute approximate surface area is 92.8 Å². The zero-order chi connectivity index (χ0) is 11.9. The van der Waals surface area contributed by atoms with Gasteiger partial charge in [-0.05, 0) is 19.1 Å². The Morgan fingerprint density at radius 1 is 1.38 bits per heavy atom. The number of sulfonamides is 1. The van der Waals surface area contributed by atoms with Crippen molar-refractivity contribution in [1.29, 1.82) is 0 Å². The maximum absolute atomic E-state index is 11.6. The second kappa shape index (κ2) is 3.41. The zero-order valence-corrected chi connectivity index (χ0v) is 9.54. The van der Waals surface area contributed by atoms with Gasteiger partial charge in [-0.25, -0.2) is 4.79 Å². The van der Waals surface area contributed by atoms with Crippen LogP contribution in [0.3, 0.4) is 0 Å². The first-order valence-corrected chi connectivity index (χ1v) is 5.94. The van der Waals surface area contributed by atoms with Crippen LogP contribution in [-0.2, 0) is 19.6 Å². The molecule has 0 aromatic heterocycles. The van der Waals surface area contributed by atoms with Gasteiger partial charge in [0.25, 0.3) is 10.0 Å². The fraction of sp³-hybridized carbons (Fsp3) is 0.200. The van der Waals surface area contributed by atoms with Crippen molar-refractivity contribution in [3.63, 3.8) is 0 Å². The fourth-order valence-electron chi connectivity index (χ4n) is 1.52. The standard InChI is InChI=1S/C10H9NO4S/c1-6-3-4-8-7(5-6)9(10(12)15-2)11-16(8,13)14/h3-5H,1-2H3. The van der Waals surface area contributed by atoms with Crippen LogP contribution in [0.4, 0.5) is 0 Å². The van der Waals surface area contributed by atoms with Crippen LogP contribution in [0.15, 0.2) is 27.5 Å². The quantitative estimate of drug-likeness (QED) is 0.675. The molecular formula is C10H9NO4S. The van der Waals surface area contributed by atoms with Crippen LogP contribution >= 0.6 is 0 Å². The highest BCUT2D eigenvalue weighted by Crippen LogP contribution is 2.27. The Kier molecular flexibility index (Phi) is 2.31. The summed E-state index contributed by atoms with van der Waals surface area (Å²) in [5, 5.41) is 0. The molecule has 1 heterocycles. The largest absolute Gasteiger partial charge is 0.464 e. The normalized spacial score (nSPS) is 16.5. The highest BCUT2D eigenvalue weighted by atomic mass is 32.2. The number of aryl methyl sites for hydroxylation is 1. The summed E-state index contributed by atoms with van der Waals surface area (Å²) in [4.78, 5) is 11.4. The molecule has 0 aliphatic carbocycles. The van der Waals surface area contributed by atoms with E-state index in [9.17, 15) is 13.2 Å². The van der Waals surface area contributed by atoms with Gasteiger partial charge in [0.05, 0.1) is 12.0 Å². The van der Waals surface area contributed by atoms with E-state index in [1.165, 1.54) is 13.2 Å². The van der Waals surface area contributed by atoms with Crippen LogP contribution in [0.2, 0.25) is 0 Å². The SMILES string of the molecule is COC(=O)C1=NS(=O)(=O)c2ccc(C)cc21. The second-order valence-corrected chi connectivity index (χ2v) is 4.98. The van der Waals surface area contributed by atoms with Gasteiger partial charge in [-0.3, -0.25) is 0 Å². The smallest absolute Gasteiger partial charge is 0.358 e. The number of carbonyl (C=O) groups excluding carboxylic acids is 1. The van der Waals surface area contributed by atoms with Crippen LogP contribution in [0.1, 0.15) is 11.1 Å². The number of methoxy groups -OCH3 is 1. The minimum atomic E-state index is -3.74. The Morgan fingerprint density at radius 3 is 2.69 bits per heavy atom. The van der Waals surface area contributed by atoms with Crippen LogP contribution in [0.25, 0.3) is 0 Å². The minimum Gasteiger partial charge on any atom is -0.464 e. The van der Waals surface area contributed by atoms with Gasteiger partial charge in [0.2, 0.25) is 0 Å².